The molecule has 1 heterocycles. The summed E-state index contributed by atoms with van der Waals surface area (Å²) in [7, 11) is 1.36. The number of methoxy groups -OCH3 is 1. The zero-order valence-electron chi connectivity index (χ0n) is 12.7. The van der Waals surface area contributed by atoms with E-state index in [1.165, 1.54) is 37.6 Å². The van der Waals surface area contributed by atoms with E-state index in [-0.39, 0.29) is 23.3 Å². The smallest absolute Gasteiger partial charge is 0.307 e. The minimum Gasteiger partial charge on any atom is -0.496 e. The monoisotopic (exact) mass is 328 g/mol. The van der Waals surface area contributed by atoms with Crippen LogP contribution in [0.25, 0.3) is 11.0 Å². The van der Waals surface area contributed by atoms with Gasteiger partial charge in [0.15, 0.2) is 0 Å². The summed E-state index contributed by atoms with van der Waals surface area (Å²) in [6.07, 6.45) is 1.12. The maximum absolute atomic E-state index is 13.1. The molecule has 0 fully saturated rings. The van der Waals surface area contributed by atoms with Gasteiger partial charge in [0.05, 0.1) is 19.8 Å². The molecule has 0 aliphatic heterocycles. The first-order valence-corrected chi connectivity index (χ1v) is 7.10. The van der Waals surface area contributed by atoms with Gasteiger partial charge < -0.3 is 14.3 Å². The fourth-order valence-electron chi connectivity index (χ4n) is 2.63. The third kappa shape index (κ3) is 2.74. The molecule has 2 aromatic carbocycles. The Labute approximate surface area is 136 Å². The maximum Gasteiger partial charge on any atom is 0.307 e. The van der Waals surface area contributed by atoms with E-state index < -0.39 is 17.6 Å². The van der Waals surface area contributed by atoms with Crippen molar-refractivity contribution < 1.29 is 28.2 Å². The highest BCUT2D eigenvalue weighted by atomic mass is 19.1. The number of carboxylic acids is 1. The number of rotatable bonds is 5. The van der Waals surface area contributed by atoms with Gasteiger partial charge in [-0.25, -0.2) is 4.39 Å². The quantitative estimate of drug-likeness (QED) is 0.726. The minimum absolute atomic E-state index is 0.128. The molecular weight excluding hydrogens is 315 g/mol. The first-order chi connectivity index (χ1) is 11.5. The van der Waals surface area contributed by atoms with E-state index in [4.69, 9.17) is 14.3 Å². The number of ether oxygens (including phenoxy) is 1. The van der Waals surface area contributed by atoms with Crippen LogP contribution < -0.4 is 4.74 Å². The number of furan rings is 1. The zero-order valence-corrected chi connectivity index (χ0v) is 12.7. The topological polar surface area (TPSA) is 76.7 Å². The number of ketones is 1. The normalized spacial score (nSPS) is 10.8. The van der Waals surface area contributed by atoms with Crippen LogP contribution in [0.15, 0.2) is 47.1 Å². The van der Waals surface area contributed by atoms with Crippen molar-refractivity contribution in [2.45, 2.75) is 6.42 Å². The Kier molecular flexibility index (Phi) is 4.04. The number of aliphatic carboxylic acids is 1. The molecule has 6 heteroatoms. The van der Waals surface area contributed by atoms with Crippen molar-refractivity contribution in [2.24, 2.45) is 0 Å². The Balaban J connectivity index is 2.24. The van der Waals surface area contributed by atoms with Crippen molar-refractivity contribution in [3.8, 4) is 5.75 Å². The average molecular weight is 328 g/mol. The van der Waals surface area contributed by atoms with Gasteiger partial charge in [0.1, 0.15) is 22.7 Å². The molecule has 0 spiro atoms. The molecule has 0 unspecified atom stereocenters. The Morgan fingerprint density at radius 3 is 2.54 bits per heavy atom. The molecule has 0 amide bonds. The van der Waals surface area contributed by atoms with Crippen molar-refractivity contribution in [1.29, 1.82) is 0 Å². The van der Waals surface area contributed by atoms with Gasteiger partial charge >= 0.3 is 5.97 Å². The maximum atomic E-state index is 13.1. The number of hydrogen-bond donors (Lipinski definition) is 1. The number of benzene rings is 2. The van der Waals surface area contributed by atoms with Crippen LogP contribution in [0.5, 0.6) is 5.75 Å². The molecular formula is C18H13FO5. The van der Waals surface area contributed by atoms with E-state index in [1.807, 2.05) is 0 Å². The third-order valence-electron chi connectivity index (χ3n) is 3.65. The fraction of sp³-hybridized carbons (Fsp3) is 0.111. The summed E-state index contributed by atoms with van der Waals surface area (Å²) in [6.45, 7) is 0. The molecule has 24 heavy (non-hydrogen) atoms. The summed E-state index contributed by atoms with van der Waals surface area (Å²) < 4.78 is 23.8. The number of fused-ring (bicyclic) bond motifs is 1. The Morgan fingerprint density at radius 1 is 1.21 bits per heavy atom. The lowest BCUT2D eigenvalue weighted by atomic mass is 9.96. The minimum atomic E-state index is -1.05. The summed E-state index contributed by atoms with van der Waals surface area (Å²) in [4.78, 5) is 24.0. The highest BCUT2D eigenvalue weighted by Crippen LogP contribution is 2.35. The van der Waals surface area contributed by atoms with Crippen molar-refractivity contribution in [1.82, 2.24) is 0 Å². The number of hydrogen-bond acceptors (Lipinski definition) is 4. The number of carboxylic acid groups (broad SMARTS) is 1. The molecule has 122 valence electrons. The predicted octanol–water partition coefficient (Wildman–Crippen LogP) is 3.44. The molecule has 0 aliphatic rings. The van der Waals surface area contributed by atoms with Crippen molar-refractivity contribution in [3.63, 3.8) is 0 Å². The second kappa shape index (κ2) is 6.16. The van der Waals surface area contributed by atoms with Gasteiger partial charge in [-0.3, -0.25) is 9.59 Å². The van der Waals surface area contributed by atoms with E-state index in [1.54, 1.807) is 12.1 Å². The SMILES string of the molecule is COc1c(CC(=O)O)cc2ccoc2c1C(=O)c1ccc(F)cc1. The largest absolute Gasteiger partial charge is 0.496 e. The zero-order chi connectivity index (χ0) is 17.3. The van der Waals surface area contributed by atoms with Gasteiger partial charge in [-0.05, 0) is 36.4 Å². The van der Waals surface area contributed by atoms with Gasteiger partial charge in [-0.15, -0.1) is 0 Å². The lowest BCUT2D eigenvalue weighted by Crippen LogP contribution is -2.09. The molecule has 0 atom stereocenters. The molecule has 1 aromatic heterocycles. The Bertz CT molecular complexity index is 924. The van der Waals surface area contributed by atoms with Gasteiger partial charge in [-0.1, -0.05) is 0 Å². The van der Waals surface area contributed by atoms with E-state index in [0.29, 0.717) is 16.5 Å². The van der Waals surface area contributed by atoms with E-state index in [0.717, 1.165) is 0 Å². The molecule has 3 rings (SSSR count). The van der Waals surface area contributed by atoms with Crippen LogP contribution in [0.4, 0.5) is 4.39 Å². The number of carbonyl (C=O) groups excluding carboxylic acids is 1. The van der Waals surface area contributed by atoms with Gasteiger partial charge in [-0.2, -0.15) is 0 Å². The van der Waals surface area contributed by atoms with Crippen LogP contribution in [0.2, 0.25) is 0 Å². The van der Waals surface area contributed by atoms with Gasteiger partial charge in [0.2, 0.25) is 5.78 Å². The van der Waals surface area contributed by atoms with Crippen molar-refractivity contribution in [3.05, 3.63) is 65.2 Å². The molecule has 1 N–H and O–H groups in total. The van der Waals surface area contributed by atoms with Crippen molar-refractivity contribution >= 4 is 22.7 Å². The molecule has 0 aliphatic carbocycles. The molecule has 0 saturated heterocycles. The molecule has 0 bridgehead atoms. The molecule has 0 saturated carbocycles. The average Bonchev–Trinajstić information content (AvgIpc) is 3.01. The van der Waals surface area contributed by atoms with E-state index >= 15 is 0 Å². The second-order valence-electron chi connectivity index (χ2n) is 5.19. The number of halogens is 1. The summed E-state index contributed by atoms with van der Waals surface area (Å²) in [6, 6.07) is 8.33. The second-order valence-corrected chi connectivity index (χ2v) is 5.19. The third-order valence-corrected chi connectivity index (χ3v) is 3.65. The fourth-order valence-corrected chi connectivity index (χ4v) is 2.63. The van der Waals surface area contributed by atoms with Crippen LogP contribution in [-0.2, 0) is 11.2 Å². The van der Waals surface area contributed by atoms with Crippen molar-refractivity contribution in [2.75, 3.05) is 7.11 Å². The van der Waals surface area contributed by atoms with E-state index in [9.17, 15) is 14.0 Å². The highest BCUT2D eigenvalue weighted by Gasteiger charge is 2.24. The van der Waals surface area contributed by atoms with Crippen LogP contribution in [0.3, 0.4) is 0 Å². The Morgan fingerprint density at radius 2 is 1.92 bits per heavy atom. The summed E-state index contributed by atoms with van der Waals surface area (Å²) in [5, 5.41) is 9.68. The molecule has 3 aromatic rings. The molecule has 0 radical (unpaired) electrons. The van der Waals surface area contributed by atoms with Gasteiger partial charge in [0.25, 0.3) is 0 Å². The summed E-state index contributed by atoms with van der Waals surface area (Å²) in [5.74, 6) is -1.79. The first kappa shape index (κ1) is 15.7. The van der Waals surface area contributed by atoms with Crippen LogP contribution in [0.1, 0.15) is 21.5 Å². The van der Waals surface area contributed by atoms with E-state index in [2.05, 4.69) is 0 Å². The first-order valence-electron chi connectivity index (χ1n) is 7.10. The molecule has 5 nitrogen and oxygen atoms in total. The van der Waals surface area contributed by atoms with Crippen LogP contribution in [-0.4, -0.2) is 24.0 Å². The van der Waals surface area contributed by atoms with Crippen LogP contribution >= 0.6 is 0 Å². The van der Waals surface area contributed by atoms with Crippen LogP contribution in [0, 0.1) is 5.82 Å². The van der Waals surface area contributed by atoms with Gasteiger partial charge in [0, 0.05) is 16.5 Å². The number of carbonyl (C=O) groups is 2. The predicted molar refractivity (Wildman–Crippen MR) is 83.9 cm³/mol. The summed E-state index contributed by atoms with van der Waals surface area (Å²) >= 11 is 0. The standard InChI is InChI=1S/C18H13FO5/c1-23-17-12(9-14(20)21)8-11-6-7-24-18(11)15(17)16(22)10-2-4-13(19)5-3-10/h2-8H,9H2,1H3,(H,20,21). The lowest BCUT2D eigenvalue weighted by molar-refractivity contribution is -0.136. The Hall–Kier alpha value is -3.15. The summed E-state index contributed by atoms with van der Waals surface area (Å²) in [5.41, 5.74) is 1.04. The highest BCUT2D eigenvalue weighted by molar-refractivity contribution is 6.17. The lowest BCUT2D eigenvalue weighted by Gasteiger charge is -2.13.